The van der Waals surface area contributed by atoms with E-state index in [0.717, 1.165) is 13.1 Å². The van der Waals surface area contributed by atoms with Gasteiger partial charge in [0, 0.05) is 6.42 Å². The second-order valence-corrected chi connectivity index (χ2v) is 8.27. The highest BCUT2D eigenvalue weighted by Crippen LogP contribution is 2.12. The number of benzene rings is 1. The molecule has 1 heterocycles. The molecule has 1 aromatic carbocycles. The van der Waals surface area contributed by atoms with Crippen LogP contribution in [-0.4, -0.2) is 4.57 Å². The third-order valence-corrected chi connectivity index (χ3v) is 5.77. The van der Waals surface area contributed by atoms with Crippen molar-refractivity contribution in [2.24, 2.45) is 0 Å². The minimum atomic E-state index is 1.14. The van der Waals surface area contributed by atoms with Crippen molar-refractivity contribution >= 4 is 0 Å². The van der Waals surface area contributed by atoms with Gasteiger partial charge in [0.05, 0.1) is 13.1 Å². The quantitative estimate of drug-likeness (QED) is 0.220. The molecule has 0 spiro atoms. The van der Waals surface area contributed by atoms with Crippen molar-refractivity contribution < 1.29 is 4.57 Å². The molecular weight excluding hydrogens is 340 g/mol. The van der Waals surface area contributed by atoms with Gasteiger partial charge in [0.2, 0.25) is 0 Å². The maximum absolute atomic E-state index is 2.52. The zero-order valence-electron chi connectivity index (χ0n) is 18.5. The van der Waals surface area contributed by atoms with Gasteiger partial charge in [0.25, 0.3) is 5.82 Å². The van der Waals surface area contributed by atoms with E-state index in [1.807, 2.05) is 0 Å². The van der Waals surface area contributed by atoms with Crippen LogP contribution in [0.3, 0.4) is 0 Å². The lowest BCUT2D eigenvalue weighted by Gasteiger charge is -2.06. The van der Waals surface area contributed by atoms with Crippen LogP contribution in [0.4, 0.5) is 0 Å². The normalized spacial score (nSPS) is 11.2. The molecule has 0 amide bonds. The number of aryl methyl sites for hydroxylation is 3. The molecule has 1 aromatic heterocycles. The number of nitrogens with zero attached hydrogens (tertiary/aromatic N) is 2. The summed E-state index contributed by atoms with van der Waals surface area (Å²) in [5, 5.41) is 0. The zero-order chi connectivity index (χ0) is 19.9. The fourth-order valence-electron chi connectivity index (χ4n) is 4.13. The second-order valence-electron chi connectivity index (χ2n) is 8.27. The van der Waals surface area contributed by atoms with Crippen LogP contribution in [0.5, 0.6) is 0 Å². The molecule has 156 valence electrons. The maximum atomic E-state index is 2.52. The van der Waals surface area contributed by atoms with E-state index in [1.54, 1.807) is 0 Å². The Morgan fingerprint density at radius 2 is 1.39 bits per heavy atom. The van der Waals surface area contributed by atoms with Crippen LogP contribution in [0.15, 0.2) is 42.7 Å². The van der Waals surface area contributed by atoms with Crippen LogP contribution in [-0.2, 0) is 25.9 Å². The van der Waals surface area contributed by atoms with E-state index in [-0.39, 0.29) is 0 Å². The molecule has 2 nitrogen and oxygen atoms in total. The molecule has 2 rings (SSSR count). The number of hydrogen-bond acceptors (Lipinski definition) is 0. The van der Waals surface area contributed by atoms with Gasteiger partial charge in [0.1, 0.15) is 12.4 Å². The van der Waals surface area contributed by atoms with Crippen molar-refractivity contribution in [2.45, 2.75) is 110 Å². The molecule has 0 atom stereocenters. The Balaban J connectivity index is 1.72. The van der Waals surface area contributed by atoms with Crippen LogP contribution < -0.4 is 4.57 Å². The number of unbranched alkanes of at least 4 members (excludes halogenated alkanes) is 8. The smallest absolute Gasteiger partial charge is 0.234 e. The Bertz CT molecular complexity index is 615. The van der Waals surface area contributed by atoms with Gasteiger partial charge in [-0.3, -0.25) is 0 Å². The summed E-state index contributed by atoms with van der Waals surface area (Å²) < 4.78 is 5.01. The van der Waals surface area contributed by atoms with Crippen molar-refractivity contribution in [3.63, 3.8) is 0 Å². The van der Waals surface area contributed by atoms with E-state index in [1.165, 1.54) is 94.9 Å². The molecular formula is C26H43N2+. The molecule has 2 aromatic rings. The van der Waals surface area contributed by atoms with E-state index < -0.39 is 0 Å². The molecule has 0 aliphatic heterocycles. The number of hydrogen-bond donors (Lipinski definition) is 0. The van der Waals surface area contributed by atoms with Gasteiger partial charge < -0.3 is 0 Å². The van der Waals surface area contributed by atoms with E-state index in [2.05, 4.69) is 65.7 Å². The van der Waals surface area contributed by atoms with E-state index in [0.29, 0.717) is 0 Å². The fraction of sp³-hybridized carbons (Fsp3) is 0.654. The molecule has 0 aliphatic rings. The standard InChI is InChI=1S/C26H43N2/c1-3-5-6-7-8-9-10-11-15-20-26-27(21-4-2)23-24-28(26)22-16-19-25-17-13-12-14-18-25/h12-14,17-18,23-24H,3-11,15-16,19-22H2,1-2H3/q+1. The molecule has 0 N–H and O–H groups in total. The van der Waals surface area contributed by atoms with Crippen molar-refractivity contribution in [1.82, 2.24) is 4.57 Å². The van der Waals surface area contributed by atoms with Crippen LogP contribution >= 0.6 is 0 Å². The molecule has 0 saturated carbocycles. The predicted octanol–water partition coefficient (Wildman–Crippen LogP) is 6.89. The zero-order valence-corrected chi connectivity index (χ0v) is 18.5. The first-order valence-corrected chi connectivity index (χ1v) is 12.0. The molecule has 0 fully saturated rings. The van der Waals surface area contributed by atoms with E-state index in [4.69, 9.17) is 0 Å². The highest BCUT2D eigenvalue weighted by atomic mass is 15.1. The minimum Gasteiger partial charge on any atom is -0.234 e. The highest BCUT2D eigenvalue weighted by molar-refractivity contribution is 5.14. The van der Waals surface area contributed by atoms with Crippen molar-refractivity contribution in [1.29, 1.82) is 0 Å². The van der Waals surface area contributed by atoms with Crippen molar-refractivity contribution in [2.75, 3.05) is 0 Å². The third kappa shape index (κ3) is 8.63. The molecule has 0 saturated heterocycles. The van der Waals surface area contributed by atoms with Crippen LogP contribution in [0.2, 0.25) is 0 Å². The molecule has 0 bridgehead atoms. The first kappa shape index (κ1) is 22.7. The van der Waals surface area contributed by atoms with Gasteiger partial charge >= 0.3 is 0 Å². The van der Waals surface area contributed by atoms with E-state index >= 15 is 0 Å². The van der Waals surface area contributed by atoms with Gasteiger partial charge in [-0.1, -0.05) is 95.5 Å². The maximum Gasteiger partial charge on any atom is 0.256 e. The summed E-state index contributed by atoms with van der Waals surface area (Å²) in [5.74, 6) is 1.54. The Morgan fingerprint density at radius 1 is 0.714 bits per heavy atom. The van der Waals surface area contributed by atoms with Gasteiger partial charge in [-0.05, 0) is 31.2 Å². The topological polar surface area (TPSA) is 8.81 Å². The van der Waals surface area contributed by atoms with E-state index in [9.17, 15) is 0 Å². The van der Waals surface area contributed by atoms with Gasteiger partial charge in [-0.25, -0.2) is 9.13 Å². The van der Waals surface area contributed by atoms with Gasteiger partial charge in [-0.15, -0.1) is 0 Å². The fourth-order valence-corrected chi connectivity index (χ4v) is 4.13. The third-order valence-electron chi connectivity index (χ3n) is 5.77. The molecule has 2 heteroatoms. The average Bonchev–Trinajstić information content (AvgIpc) is 3.09. The Morgan fingerprint density at radius 3 is 2.07 bits per heavy atom. The summed E-state index contributed by atoms with van der Waals surface area (Å²) in [5.41, 5.74) is 1.46. The minimum absolute atomic E-state index is 1.14. The Kier molecular flexibility index (Phi) is 11.7. The van der Waals surface area contributed by atoms with Crippen molar-refractivity contribution in [3.05, 3.63) is 54.1 Å². The summed E-state index contributed by atoms with van der Waals surface area (Å²) in [6.07, 6.45) is 22.1. The largest absolute Gasteiger partial charge is 0.256 e. The lowest BCUT2D eigenvalue weighted by Crippen LogP contribution is -2.37. The SMILES string of the molecule is CCCCCCCCCCCc1n(CCC)cc[n+]1CCCc1ccccc1. The Hall–Kier alpha value is -1.57. The molecule has 0 aliphatic carbocycles. The lowest BCUT2D eigenvalue weighted by atomic mass is 10.1. The average molecular weight is 384 g/mol. The van der Waals surface area contributed by atoms with Gasteiger partial charge in [-0.2, -0.15) is 0 Å². The number of imidazole rings is 1. The summed E-state index contributed by atoms with van der Waals surface area (Å²) >= 11 is 0. The first-order valence-electron chi connectivity index (χ1n) is 12.0. The second kappa shape index (κ2) is 14.4. The van der Waals surface area contributed by atoms with Crippen LogP contribution in [0.25, 0.3) is 0 Å². The predicted molar refractivity (Wildman–Crippen MR) is 121 cm³/mol. The van der Waals surface area contributed by atoms with Crippen LogP contribution in [0.1, 0.15) is 95.9 Å². The molecule has 0 radical (unpaired) electrons. The number of rotatable bonds is 16. The van der Waals surface area contributed by atoms with Gasteiger partial charge in [0.15, 0.2) is 0 Å². The lowest BCUT2D eigenvalue weighted by molar-refractivity contribution is -0.704. The summed E-state index contributed by atoms with van der Waals surface area (Å²) in [6, 6.07) is 10.9. The number of aromatic nitrogens is 2. The monoisotopic (exact) mass is 383 g/mol. The van der Waals surface area contributed by atoms with Crippen LogP contribution in [0, 0.1) is 0 Å². The Labute approximate surface area is 174 Å². The molecule has 0 unspecified atom stereocenters. The summed E-state index contributed by atoms with van der Waals surface area (Å²) in [7, 11) is 0. The first-order chi connectivity index (χ1) is 13.8. The van der Waals surface area contributed by atoms with Crippen molar-refractivity contribution in [3.8, 4) is 0 Å². The molecule has 28 heavy (non-hydrogen) atoms. The summed E-state index contributed by atoms with van der Waals surface area (Å²) in [6.45, 7) is 6.86. The highest BCUT2D eigenvalue weighted by Gasteiger charge is 2.15. The summed E-state index contributed by atoms with van der Waals surface area (Å²) in [4.78, 5) is 0.